The lowest BCUT2D eigenvalue weighted by Gasteiger charge is -2.12. The standard InChI is InChI=1S/C38H24N2/c1-3-14-28-24(9-1)11-8-17-29(28)26-12-7-13-27(21-26)40-36-20-19-25-10-2-4-15-30(25)38(36)33-22-32-31-16-5-6-18-34(31)39-35(32)23-37(33)40/h1-23,39H/i5D,6D,7D,12D,13D,16D,18D,21D. The van der Waals surface area contributed by atoms with Gasteiger partial charge in [-0.15, -0.1) is 0 Å². The Balaban J connectivity index is 1.49. The number of benzene rings is 7. The van der Waals surface area contributed by atoms with Gasteiger partial charge in [0.2, 0.25) is 0 Å². The molecule has 0 bridgehead atoms. The van der Waals surface area contributed by atoms with E-state index in [1.54, 1.807) is 0 Å². The number of aromatic nitrogens is 2. The molecule has 40 heavy (non-hydrogen) atoms. The van der Waals surface area contributed by atoms with Gasteiger partial charge in [0.15, 0.2) is 0 Å². The minimum Gasteiger partial charge on any atom is -0.354 e. The summed E-state index contributed by atoms with van der Waals surface area (Å²) in [4.78, 5) is 3.23. The van der Waals surface area contributed by atoms with E-state index in [0.717, 1.165) is 32.3 Å². The zero-order valence-electron chi connectivity index (χ0n) is 29.1. The van der Waals surface area contributed by atoms with Crippen molar-refractivity contribution in [1.82, 2.24) is 9.55 Å². The van der Waals surface area contributed by atoms with Crippen molar-refractivity contribution in [2.24, 2.45) is 0 Å². The Kier molecular flexibility index (Phi) is 3.09. The number of hydrogen-bond acceptors (Lipinski definition) is 0. The van der Waals surface area contributed by atoms with Gasteiger partial charge in [-0.1, -0.05) is 103 Å². The van der Waals surface area contributed by atoms with Crippen LogP contribution in [0.1, 0.15) is 11.0 Å². The average Bonchev–Trinajstić information content (AvgIpc) is 3.64. The summed E-state index contributed by atoms with van der Waals surface area (Å²) in [6.07, 6.45) is 0. The molecule has 9 aromatic rings. The van der Waals surface area contributed by atoms with Gasteiger partial charge in [-0.3, -0.25) is 0 Å². The van der Waals surface area contributed by atoms with Gasteiger partial charge in [0, 0.05) is 38.3 Å². The third kappa shape index (κ3) is 2.99. The second-order valence-corrected chi connectivity index (χ2v) is 10.1. The molecule has 186 valence electrons. The fourth-order valence-corrected chi connectivity index (χ4v) is 6.15. The summed E-state index contributed by atoms with van der Waals surface area (Å²) in [5.74, 6) is 0. The summed E-state index contributed by atoms with van der Waals surface area (Å²) < 4.78 is 72.5. The van der Waals surface area contributed by atoms with Gasteiger partial charge in [0.1, 0.15) is 0 Å². The molecule has 0 aliphatic carbocycles. The van der Waals surface area contributed by atoms with Crippen molar-refractivity contribution in [3.05, 3.63) is 139 Å². The van der Waals surface area contributed by atoms with Crippen LogP contribution in [0.2, 0.25) is 0 Å². The zero-order valence-corrected chi connectivity index (χ0v) is 21.1. The van der Waals surface area contributed by atoms with E-state index in [2.05, 4.69) is 4.98 Å². The Labute approximate surface area is 242 Å². The molecule has 1 N–H and O–H groups in total. The van der Waals surface area contributed by atoms with Crippen molar-refractivity contribution >= 4 is 65.2 Å². The van der Waals surface area contributed by atoms with E-state index in [1.807, 2.05) is 95.6 Å². The molecule has 9 rings (SSSR count). The van der Waals surface area contributed by atoms with Gasteiger partial charge >= 0.3 is 0 Å². The van der Waals surface area contributed by atoms with Crippen LogP contribution in [-0.2, 0) is 0 Å². The average molecular weight is 517 g/mol. The first-order valence-corrected chi connectivity index (χ1v) is 13.1. The van der Waals surface area contributed by atoms with Gasteiger partial charge in [-0.05, 0) is 69.0 Å². The minimum atomic E-state index is -0.318. The van der Waals surface area contributed by atoms with Gasteiger partial charge in [-0.25, -0.2) is 0 Å². The lowest BCUT2D eigenvalue weighted by Crippen LogP contribution is -1.94. The van der Waals surface area contributed by atoms with Gasteiger partial charge in [0.25, 0.3) is 0 Å². The van der Waals surface area contributed by atoms with Crippen molar-refractivity contribution in [3.8, 4) is 16.8 Å². The maximum Gasteiger partial charge on any atom is 0.0651 e. The number of nitrogens with zero attached hydrogens (tertiary/aromatic N) is 1. The molecular formula is C38H24N2. The van der Waals surface area contributed by atoms with Crippen molar-refractivity contribution < 1.29 is 11.0 Å². The number of rotatable bonds is 2. The molecule has 2 heterocycles. The van der Waals surface area contributed by atoms with Crippen LogP contribution in [0.5, 0.6) is 0 Å². The predicted octanol–water partition coefficient (Wildman–Crippen LogP) is 10.4. The van der Waals surface area contributed by atoms with Crippen molar-refractivity contribution in [1.29, 1.82) is 0 Å². The van der Waals surface area contributed by atoms with Crippen molar-refractivity contribution in [2.75, 3.05) is 0 Å². The number of nitrogens with one attached hydrogen (secondary N) is 1. The second kappa shape index (κ2) is 8.08. The molecule has 0 fully saturated rings. The lowest BCUT2D eigenvalue weighted by atomic mass is 9.98. The van der Waals surface area contributed by atoms with Crippen LogP contribution in [0.3, 0.4) is 0 Å². The van der Waals surface area contributed by atoms with E-state index in [0.29, 0.717) is 38.4 Å². The molecule has 0 aliphatic heterocycles. The largest absolute Gasteiger partial charge is 0.354 e. The van der Waals surface area contributed by atoms with E-state index in [4.69, 9.17) is 8.22 Å². The maximum absolute atomic E-state index is 9.64. The number of para-hydroxylation sites is 1. The SMILES string of the molecule is [2H]c1c([2H])c(-c2cccc3ccccc23)c([2H])c(-n2c3cc4[nH]c5c([2H])c([2H])c([2H])c([2H])c5c4cc3c3c4ccccc4ccc32)c1[2H]. The summed E-state index contributed by atoms with van der Waals surface area (Å²) in [5.41, 5.74) is 3.32. The lowest BCUT2D eigenvalue weighted by molar-refractivity contribution is 1.18. The molecule has 0 amide bonds. The first-order chi connectivity index (χ1) is 23.2. The van der Waals surface area contributed by atoms with Crippen LogP contribution < -0.4 is 0 Å². The summed E-state index contributed by atoms with van der Waals surface area (Å²) >= 11 is 0. The molecule has 2 aromatic heterocycles. The summed E-state index contributed by atoms with van der Waals surface area (Å²) in [6.45, 7) is 0. The van der Waals surface area contributed by atoms with Crippen LogP contribution >= 0.6 is 0 Å². The Hall–Kier alpha value is -5.34. The number of fused-ring (bicyclic) bond motifs is 9. The molecule has 0 saturated carbocycles. The number of H-pyrrole nitrogens is 1. The zero-order chi connectivity index (χ0) is 33.2. The molecule has 2 heteroatoms. The van der Waals surface area contributed by atoms with Gasteiger partial charge in [0.05, 0.1) is 22.0 Å². The quantitative estimate of drug-likeness (QED) is 0.236. The van der Waals surface area contributed by atoms with Crippen LogP contribution in [0, 0.1) is 0 Å². The third-order valence-corrected chi connectivity index (χ3v) is 7.90. The minimum absolute atomic E-state index is 0.0411. The topological polar surface area (TPSA) is 20.7 Å². The highest BCUT2D eigenvalue weighted by Crippen LogP contribution is 2.41. The smallest absolute Gasteiger partial charge is 0.0651 e. The Morgan fingerprint density at radius 3 is 2.27 bits per heavy atom. The van der Waals surface area contributed by atoms with Crippen molar-refractivity contribution in [3.63, 3.8) is 0 Å². The molecule has 0 unspecified atom stereocenters. The van der Waals surface area contributed by atoms with Gasteiger partial charge < -0.3 is 9.55 Å². The second-order valence-electron chi connectivity index (χ2n) is 10.1. The highest BCUT2D eigenvalue weighted by molar-refractivity contribution is 6.25. The van der Waals surface area contributed by atoms with Crippen LogP contribution in [-0.4, -0.2) is 9.55 Å². The summed E-state index contributed by atoms with van der Waals surface area (Å²) in [6, 6.07) is 27.4. The predicted molar refractivity (Wildman–Crippen MR) is 171 cm³/mol. The summed E-state index contributed by atoms with van der Waals surface area (Å²) in [5, 5.41) is 6.37. The molecule has 0 atom stereocenters. The maximum atomic E-state index is 9.64. The molecular weight excluding hydrogens is 484 g/mol. The highest BCUT2D eigenvalue weighted by atomic mass is 15.0. The normalized spacial score (nSPS) is 14.8. The third-order valence-electron chi connectivity index (χ3n) is 7.90. The van der Waals surface area contributed by atoms with E-state index < -0.39 is 0 Å². The van der Waals surface area contributed by atoms with E-state index in [9.17, 15) is 2.74 Å². The summed E-state index contributed by atoms with van der Waals surface area (Å²) in [7, 11) is 0. The first kappa shape index (κ1) is 15.3. The van der Waals surface area contributed by atoms with Crippen molar-refractivity contribution in [2.45, 2.75) is 0 Å². The van der Waals surface area contributed by atoms with Crippen LogP contribution in [0.15, 0.2) is 139 Å². The molecule has 2 nitrogen and oxygen atoms in total. The Bertz CT molecular complexity index is 2880. The molecule has 0 aliphatic rings. The first-order valence-electron chi connectivity index (χ1n) is 17.1. The Morgan fingerprint density at radius 1 is 0.550 bits per heavy atom. The van der Waals surface area contributed by atoms with E-state index in [-0.39, 0.29) is 59.6 Å². The monoisotopic (exact) mass is 516 g/mol. The van der Waals surface area contributed by atoms with Gasteiger partial charge in [-0.2, -0.15) is 0 Å². The molecule has 0 spiro atoms. The van der Waals surface area contributed by atoms with E-state index in [1.165, 1.54) is 0 Å². The molecule has 7 aromatic carbocycles. The Morgan fingerprint density at radius 2 is 1.35 bits per heavy atom. The number of aromatic amines is 1. The van der Waals surface area contributed by atoms with E-state index >= 15 is 0 Å². The van der Waals surface area contributed by atoms with Crippen LogP contribution in [0.4, 0.5) is 0 Å². The fourth-order valence-electron chi connectivity index (χ4n) is 6.15. The molecule has 0 radical (unpaired) electrons. The fraction of sp³-hybridized carbons (Fsp3) is 0. The highest BCUT2D eigenvalue weighted by Gasteiger charge is 2.18. The molecule has 0 saturated heterocycles. The number of hydrogen-bond donors (Lipinski definition) is 1. The van der Waals surface area contributed by atoms with Crippen LogP contribution in [0.25, 0.3) is 82.0 Å².